The summed E-state index contributed by atoms with van der Waals surface area (Å²) in [5.74, 6) is 0.588. The van der Waals surface area contributed by atoms with Crippen LogP contribution in [0.1, 0.15) is 79.7 Å². The number of nitrogens with zero attached hydrogens (tertiary/aromatic N) is 2. The number of hydrogen-bond acceptors (Lipinski definition) is 10. The van der Waals surface area contributed by atoms with Gasteiger partial charge in [-0.2, -0.15) is 0 Å². The average Bonchev–Trinajstić information content (AvgIpc) is 4.21. The van der Waals surface area contributed by atoms with Crippen molar-refractivity contribution < 1.29 is 58.6 Å². The predicted molar refractivity (Wildman–Crippen MR) is 273 cm³/mol. The standard InChI is InChI=1S/C56H50N4O12/c1-2-34-11-3-4-12-37(34)52-38-25-27-42(59-38)53(55-44(69-29-7-17-48(61)62)13-5-14-45(55)70-30-8-18-49(63)64)40-23-21-35(57-40)33-36-22-24-41(58-36)54(43-28-26-39(52)60-43)56-46(71-31-9-19-50(65)66)15-6-16-47(56)72-32-10-20-51(67)68/h1,3-6,11-16,21-28,33,57,60H,7-10,17-20,29-32H2,(H,61,62)(H,63,64)(H,65,66)(H,67,68). The summed E-state index contributed by atoms with van der Waals surface area (Å²) < 4.78 is 25.4. The van der Waals surface area contributed by atoms with E-state index in [4.69, 9.17) is 35.3 Å². The fourth-order valence-corrected chi connectivity index (χ4v) is 8.39. The summed E-state index contributed by atoms with van der Waals surface area (Å²) >= 11 is 0. The van der Waals surface area contributed by atoms with Gasteiger partial charge in [0.05, 0.1) is 60.3 Å². The highest BCUT2D eigenvalue weighted by atomic mass is 16.5. The van der Waals surface area contributed by atoms with Crippen LogP contribution in [0.5, 0.6) is 23.0 Å². The molecule has 3 aromatic carbocycles. The molecule has 0 saturated heterocycles. The first-order valence-corrected chi connectivity index (χ1v) is 23.3. The normalized spacial score (nSPS) is 11.5. The smallest absolute Gasteiger partial charge is 0.303 e. The fraction of sp³-hybridized carbons (Fsp3) is 0.214. The minimum Gasteiger partial charge on any atom is -0.493 e. The molecule has 0 amide bonds. The Bertz CT molecular complexity index is 3150. The third-order valence-electron chi connectivity index (χ3n) is 11.6. The van der Waals surface area contributed by atoms with Crippen LogP contribution < -0.4 is 18.9 Å². The molecule has 0 saturated carbocycles. The molecular weight excluding hydrogens is 921 g/mol. The second kappa shape index (κ2) is 23.0. The van der Waals surface area contributed by atoms with Gasteiger partial charge in [-0.05, 0) is 111 Å². The molecule has 16 nitrogen and oxygen atoms in total. The number of carbonyl (C=O) groups is 4. The van der Waals surface area contributed by atoms with Crippen LogP contribution >= 0.6 is 0 Å². The summed E-state index contributed by atoms with van der Waals surface area (Å²) in [5.41, 5.74) is 8.74. The zero-order valence-electron chi connectivity index (χ0n) is 39.0. The number of fused-ring (bicyclic) bond motifs is 8. The summed E-state index contributed by atoms with van der Waals surface area (Å²) in [6.45, 7) is 0.326. The van der Waals surface area contributed by atoms with Crippen LogP contribution in [0.4, 0.5) is 0 Å². The van der Waals surface area contributed by atoms with Crippen molar-refractivity contribution >= 4 is 70.2 Å². The lowest BCUT2D eigenvalue weighted by Gasteiger charge is -2.17. The maximum atomic E-state index is 11.5. The molecule has 366 valence electrons. The lowest BCUT2D eigenvalue weighted by atomic mass is 9.98. The summed E-state index contributed by atoms with van der Waals surface area (Å²) in [6.07, 6.45) is 14.2. The number of aromatic nitrogens is 4. The molecule has 0 fully saturated rings. The number of rotatable bonds is 23. The number of ether oxygens (including phenoxy) is 4. The van der Waals surface area contributed by atoms with Gasteiger partial charge in [0.15, 0.2) is 0 Å². The number of carboxylic acids is 4. The number of H-pyrrole nitrogens is 2. The monoisotopic (exact) mass is 970 g/mol. The lowest BCUT2D eigenvalue weighted by Crippen LogP contribution is -2.06. The van der Waals surface area contributed by atoms with Crippen molar-refractivity contribution in [3.8, 4) is 68.7 Å². The van der Waals surface area contributed by atoms with Crippen LogP contribution in [-0.2, 0) is 19.2 Å². The van der Waals surface area contributed by atoms with Gasteiger partial charge in [0.25, 0.3) is 0 Å². The molecule has 0 radical (unpaired) electrons. The van der Waals surface area contributed by atoms with E-state index < -0.39 is 23.9 Å². The number of carboxylic acid groups (broad SMARTS) is 4. The Kier molecular flexibility index (Phi) is 15.8. The first-order valence-electron chi connectivity index (χ1n) is 23.3. The van der Waals surface area contributed by atoms with Gasteiger partial charge >= 0.3 is 23.9 Å². The highest BCUT2D eigenvalue weighted by Crippen LogP contribution is 2.46. The molecule has 0 spiro atoms. The quantitative estimate of drug-likeness (QED) is 0.0258. The highest BCUT2D eigenvalue weighted by Gasteiger charge is 2.24. The maximum Gasteiger partial charge on any atom is 0.303 e. The number of benzene rings is 3. The first-order chi connectivity index (χ1) is 35.0. The summed E-state index contributed by atoms with van der Waals surface area (Å²) in [6, 6.07) is 27.5. The molecule has 8 bridgehead atoms. The topological polar surface area (TPSA) is 243 Å². The third kappa shape index (κ3) is 11.8. The minimum absolute atomic E-state index is 0.0815. The van der Waals surface area contributed by atoms with Crippen LogP contribution in [0.3, 0.4) is 0 Å². The van der Waals surface area contributed by atoms with Crippen LogP contribution in [0.15, 0.2) is 91.0 Å². The molecular formula is C56H50N4O12. The molecule has 3 aromatic heterocycles. The minimum atomic E-state index is -0.953. The van der Waals surface area contributed by atoms with Crippen molar-refractivity contribution in [3.63, 3.8) is 0 Å². The fourth-order valence-electron chi connectivity index (χ4n) is 8.39. The van der Waals surface area contributed by atoms with Crippen molar-refractivity contribution in [2.45, 2.75) is 51.4 Å². The molecule has 6 aromatic rings. The number of hydrogen-bond donors (Lipinski definition) is 6. The van der Waals surface area contributed by atoms with Gasteiger partial charge in [-0.3, -0.25) is 19.2 Å². The van der Waals surface area contributed by atoms with Gasteiger partial charge < -0.3 is 49.3 Å². The highest BCUT2D eigenvalue weighted by molar-refractivity contribution is 6.00. The molecule has 72 heavy (non-hydrogen) atoms. The summed E-state index contributed by atoms with van der Waals surface area (Å²) in [7, 11) is 0. The van der Waals surface area contributed by atoms with E-state index in [1.807, 2.05) is 78.9 Å². The third-order valence-corrected chi connectivity index (χ3v) is 11.6. The van der Waals surface area contributed by atoms with Crippen molar-refractivity contribution in [1.82, 2.24) is 19.9 Å². The van der Waals surface area contributed by atoms with Gasteiger partial charge in [-0.1, -0.05) is 36.3 Å². The van der Waals surface area contributed by atoms with Crippen molar-refractivity contribution in [2.75, 3.05) is 26.4 Å². The Balaban J connectivity index is 1.43. The Labute approximate surface area is 413 Å². The summed E-state index contributed by atoms with van der Waals surface area (Å²) in [4.78, 5) is 63.5. The van der Waals surface area contributed by atoms with E-state index in [2.05, 4.69) is 15.9 Å². The SMILES string of the molecule is C#Cc1ccccc1-c1c2nc(c(-c3c(OCCCC(=O)O)cccc3OCCCC(=O)O)c3ccc(cc4nc(c(-c5c(OCCCC(=O)O)cccc5OCCCC(=O)O)c5ccc1[nH]5)C=C4)[nH]3)C=C2. The zero-order valence-corrected chi connectivity index (χ0v) is 39.0. The molecule has 0 unspecified atom stereocenters. The Hall–Kier alpha value is -9.10. The second-order valence-electron chi connectivity index (χ2n) is 16.7. The Morgan fingerprint density at radius 1 is 0.472 bits per heavy atom. The number of aliphatic carboxylic acids is 4. The molecule has 16 heteroatoms. The predicted octanol–water partition coefficient (Wildman–Crippen LogP) is 10.6. The largest absolute Gasteiger partial charge is 0.493 e. The second-order valence-corrected chi connectivity index (χ2v) is 16.7. The van der Waals surface area contributed by atoms with E-state index in [0.29, 0.717) is 107 Å². The van der Waals surface area contributed by atoms with Gasteiger partial charge in [0.1, 0.15) is 23.0 Å². The van der Waals surface area contributed by atoms with Crippen molar-refractivity contribution in [3.05, 3.63) is 119 Å². The first kappa shape index (κ1) is 49.3. The summed E-state index contributed by atoms with van der Waals surface area (Å²) in [5, 5.41) is 37.6. The molecule has 0 atom stereocenters. The van der Waals surface area contributed by atoms with Crippen LogP contribution in [0.2, 0.25) is 0 Å². The number of aromatic amines is 2. The average molecular weight is 971 g/mol. The van der Waals surface area contributed by atoms with Crippen molar-refractivity contribution in [1.29, 1.82) is 0 Å². The van der Waals surface area contributed by atoms with Crippen LogP contribution in [0.25, 0.3) is 79.8 Å². The van der Waals surface area contributed by atoms with Gasteiger partial charge in [0, 0.05) is 75.6 Å². The van der Waals surface area contributed by atoms with E-state index in [0.717, 1.165) is 0 Å². The molecule has 2 aliphatic rings. The number of terminal acetylenes is 1. The van der Waals surface area contributed by atoms with Crippen LogP contribution in [-0.4, -0.2) is 90.7 Å². The van der Waals surface area contributed by atoms with E-state index in [-0.39, 0.29) is 77.8 Å². The van der Waals surface area contributed by atoms with Gasteiger partial charge in [-0.25, -0.2) is 9.97 Å². The Morgan fingerprint density at radius 2 is 0.889 bits per heavy atom. The van der Waals surface area contributed by atoms with Crippen molar-refractivity contribution in [2.24, 2.45) is 0 Å². The molecule has 5 heterocycles. The van der Waals surface area contributed by atoms with Crippen LogP contribution in [0, 0.1) is 12.3 Å². The molecule has 2 aliphatic heterocycles. The molecule has 0 aliphatic carbocycles. The van der Waals surface area contributed by atoms with Gasteiger partial charge in [-0.15, -0.1) is 6.42 Å². The molecule has 6 N–H and O–H groups in total. The van der Waals surface area contributed by atoms with E-state index in [1.165, 1.54) is 0 Å². The molecule has 8 rings (SSSR count). The Morgan fingerprint density at radius 3 is 1.38 bits per heavy atom. The lowest BCUT2D eigenvalue weighted by molar-refractivity contribution is -0.138. The number of nitrogens with one attached hydrogen (secondary N) is 2. The maximum absolute atomic E-state index is 11.5. The van der Waals surface area contributed by atoms with Gasteiger partial charge in [0.2, 0.25) is 0 Å². The van der Waals surface area contributed by atoms with E-state index in [1.54, 1.807) is 36.4 Å². The van der Waals surface area contributed by atoms with E-state index in [9.17, 15) is 39.6 Å². The van der Waals surface area contributed by atoms with E-state index >= 15 is 0 Å². The zero-order chi connectivity index (χ0) is 50.6.